The number of carbonyl (C=O) groups excluding carboxylic acids is 1. The third-order valence-corrected chi connectivity index (χ3v) is 6.13. The van der Waals surface area contributed by atoms with Crippen LogP contribution in [0.4, 0.5) is 0 Å². The second kappa shape index (κ2) is 7.61. The summed E-state index contributed by atoms with van der Waals surface area (Å²) in [5, 5.41) is 0.753. The first-order valence-electron chi connectivity index (χ1n) is 7.46. The van der Waals surface area contributed by atoms with Crippen LogP contribution in [0.15, 0.2) is 36.4 Å². The van der Waals surface area contributed by atoms with Crippen LogP contribution in [0.5, 0.6) is 0 Å². The number of carbonyl (C=O) groups is 1. The molecule has 0 saturated heterocycles. The first-order valence-corrected chi connectivity index (χ1v) is 11.0. The Balaban J connectivity index is 1.54. The number of nitrogens with one attached hydrogen (secondary N) is 1. The lowest BCUT2D eigenvalue weighted by Gasteiger charge is -2.00. The number of aromatic nitrogens is 1. The highest BCUT2D eigenvalue weighted by atomic mass is 32.2. The van der Waals surface area contributed by atoms with E-state index in [0.717, 1.165) is 26.4 Å². The fourth-order valence-electron chi connectivity index (χ4n) is 2.16. The lowest BCUT2D eigenvalue weighted by Crippen LogP contribution is -2.23. The standard InChI is InChI=1S/C16H16N2O4S3/c1-25(20,21)17-9-8-11-6-7-14(23-11)16(19)22-10-15-18-12-4-2-3-5-13(12)24-15/h2-7,17H,8-10H2,1H3. The van der Waals surface area contributed by atoms with Crippen molar-refractivity contribution in [1.82, 2.24) is 9.71 Å². The molecule has 0 amide bonds. The van der Waals surface area contributed by atoms with E-state index >= 15 is 0 Å². The molecule has 1 N–H and O–H groups in total. The van der Waals surface area contributed by atoms with Crippen LogP contribution < -0.4 is 4.72 Å². The number of hydrogen-bond donors (Lipinski definition) is 1. The van der Waals surface area contributed by atoms with Crippen LogP contribution in [0, 0.1) is 0 Å². The molecule has 0 atom stereocenters. The molecule has 0 aliphatic rings. The molecular weight excluding hydrogens is 380 g/mol. The van der Waals surface area contributed by atoms with E-state index in [1.54, 1.807) is 6.07 Å². The zero-order valence-corrected chi connectivity index (χ0v) is 15.8. The monoisotopic (exact) mass is 396 g/mol. The summed E-state index contributed by atoms with van der Waals surface area (Å²) in [4.78, 5) is 18.0. The number of benzene rings is 1. The molecule has 6 nitrogen and oxygen atoms in total. The number of fused-ring (bicyclic) bond motifs is 1. The van der Waals surface area contributed by atoms with Crippen molar-refractivity contribution in [1.29, 1.82) is 0 Å². The molecule has 3 rings (SSSR count). The Morgan fingerprint density at radius 2 is 2.00 bits per heavy atom. The molecule has 2 heterocycles. The summed E-state index contributed by atoms with van der Waals surface area (Å²) in [7, 11) is -3.20. The van der Waals surface area contributed by atoms with Gasteiger partial charge in [0.15, 0.2) is 0 Å². The number of para-hydroxylation sites is 1. The summed E-state index contributed by atoms with van der Waals surface area (Å²) in [5.74, 6) is -0.397. The first-order chi connectivity index (χ1) is 11.9. The van der Waals surface area contributed by atoms with Gasteiger partial charge in [-0.05, 0) is 30.7 Å². The lowest BCUT2D eigenvalue weighted by atomic mass is 10.3. The highest BCUT2D eigenvalue weighted by molar-refractivity contribution is 7.88. The molecule has 1 aromatic carbocycles. The molecule has 0 spiro atoms. The summed E-state index contributed by atoms with van der Waals surface area (Å²) in [5.41, 5.74) is 0.898. The van der Waals surface area contributed by atoms with Crippen LogP contribution in [0.2, 0.25) is 0 Å². The predicted octanol–water partition coefficient (Wildman–Crippen LogP) is 2.81. The molecule has 132 valence electrons. The van der Waals surface area contributed by atoms with Gasteiger partial charge < -0.3 is 4.74 Å². The Bertz CT molecular complexity index is 959. The van der Waals surface area contributed by atoms with Crippen molar-refractivity contribution in [3.05, 3.63) is 51.2 Å². The van der Waals surface area contributed by atoms with Gasteiger partial charge in [-0.15, -0.1) is 22.7 Å². The Labute approximate surface area is 153 Å². The summed E-state index contributed by atoms with van der Waals surface area (Å²) in [6.45, 7) is 0.445. The number of sulfonamides is 1. The fourth-order valence-corrected chi connectivity index (χ4v) is 4.42. The maximum absolute atomic E-state index is 12.1. The summed E-state index contributed by atoms with van der Waals surface area (Å²) in [6, 6.07) is 11.3. The number of thiazole rings is 1. The molecule has 25 heavy (non-hydrogen) atoms. The summed E-state index contributed by atoms with van der Waals surface area (Å²) in [6.07, 6.45) is 1.65. The van der Waals surface area contributed by atoms with Crippen molar-refractivity contribution < 1.29 is 17.9 Å². The third-order valence-electron chi connectivity index (χ3n) is 3.26. The average Bonchev–Trinajstić information content (AvgIpc) is 3.17. The number of nitrogens with zero attached hydrogens (tertiary/aromatic N) is 1. The Morgan fingerprint density at radius 3 is 2.76 bits per heavy atom. The Morgan fingerprint density at radius 1 is 1.20 bits per heavy atom. The summed E-state index contributed by atoms with van der Waals surface area (Å²) >= 11 is 2.81. The number of ether oxygens (including phenoxy) is 1. The second-order valence-electron chi connectivity index (χ2n) is 5.33. The van der Waals surface area contributed by atoms with E-state index in [2.05, 4.69) is 9.71 Å². The van der Waals surface area contributed by atoms with Crippen LogP contribution in [0.25, 0.3) is 10.2 Å². The van der Waals surface area contributed by atoms with Crippen molar-refractivity contribution in [3.63, 3.8) is 0 Å². The number of esters is 1. The highest BCUT2D eigenvalue weighted by Crippen LogP contribution is 2.23. The lowest BCUT2D eigenvalue weighted by molar-refractivity contribution is 0.0478. The minimum atomic E-state index is -3.20. The number of hydrogen-bond acceptors (Lipinski definition) is 7. The van der Waals surface area contributed by atoms with Crippen molar-refractivity contribution in [2.45, 2.75) is 13.0 Å². The minimum absolute atomic E-state index is 0.140. The topological polar surface area (TPSA) is 85.4 Å². The van der Waals surface area contributed by atoms with Gasteiger partial charge in [-0.25, -0.2) is 22.9 Å². The van der Waals surface area contributed by atoms with E-state index in [0.29, 0.717) is 17.8 Å². The molecule has 9 heteroatoms. The zero-order valence-electron chi connectivity index (χ0n) is 13.4. The van der Waals surface area contributed by atoms with Crippen molar-refractivity contribution in [2.24, 2.45) is 0 Å². The second-order valence-corrected chi connectivity index (χ2v) is 9.45. The first kappa shape index (κ1) is 18.0. The van der Waals surface area contributed by atoms with Gasteiger partial charge in [0, 0.05) is 11.4 Å². The van der Waals surface area contributed by atoms with Crippen molar-refractivity contribution in [2.75, 3.05) is 12.8 Å². The van der Waals surface area contributed by atoms with Gasteiger partial charge in [0.2, 0.25) is 10.0 Å². The van der Waals surface area contributed by atoms with Crippen LogP contribution >= 0.6 is 22.7 Å². The van der Waals surface area contributed by atoms with Crippen LogP contribution in [-0.2, 0) is 27.8 Å². The molecule has 0 bridgehead atoms. The predicted molar refractivity (Wildman–Crippen MR) is 99.6 cm³/mol. The third kappa shape index (κ3) is 5.08. The number of thiophene rings is 1. The van der Waals surface area contributed by atoms with Crippen LogP contribution in [0.1, 0.15) is 19.6 Å². The van der Waals surface area contributed by atoms with Gasteiger partial charge in [-0.1, -0.05) is 12.1 Å². The van der Waals surface area contributed by atoms with Gasteiger partial charge in [0.05, 0.1) is 16.5 Å². The molecule has 0 aliphatic heterocycles. The van der Waals surface area contributed by atoms with Crippen LogP contribution in [0.3, 0.4) is 0 Å². The average molecular weight is 397 g/mol. The smallest absolute Gasteiger partial charge is 0.348 e. The summed E-state index contributed by atoms with van der Waals surface area (Å²) < 4.78 is 30.9. The van der Waals surface area contributed by atoms with E-state index in [9.17, 15) is 13.2 Å². The maximum atomic E-state index is 12.1. The van der Waals surface area contributed by atoms with Gasteiger partial charge >= 0.3 is 5.97 Å². The zero-order chi connectivity index (χ0) is 17.9. The maximum Gasteiger partial charge on any atom is 0.348 e. The molecule has 3 aromatic rings. The van der Waals surface area contributed by atoms with E-state index in [4.69, 9.17) is 4.74 Å². The van der Waals surface area contributed by atoms with E-state index in [-0.39, 0.29) is 6.61 Å². The SMILES string of the molecule is CS(=O)(=O)NCCc1ccc(C(=O)OCc2nc3ccccc3s2)s1. The minimum Gasteiger partial charge on any atom is -0.454 e. The molecular formula is C16H16N2O4S3. The fraction of sp³-hybridized carbons (Fsp3) is 0.250. The normalized spacial score (nSPS) is 11.7. The molecule has 0 unspecified atom stereocenters. The number of rotatable bonds is 7. The van der Waals surface area contributed by atoms with Crippen molar-refractivity contribution >= 4 is 48.9 Å². The van der Waals surface area contributed by atoms with Gasteiger partial charge in [0.1, 0.15) is 16.5 Å². The van der Waals surface area contributed by atoms with Crippen molar-refractivity contribution in [3.8, 4) is 0 Å². The van der Waals surface area contributed by atoms with E-state index in [1.165, 1.54) is 22.7 Å². The molecule has 0 aliphatic carbocycles. The molecule has 0 fully saturated rings. The molecule has 2 aromatic heterocycles. The van der Waals surface area contributed by atoms with Crippen LogP contribution in [-0.4, -0.2) is 32.2 Å². The quantitative estimate of drug-likeness (QED) is 0.621. The Kier molecular flexibility index (Phi) is 5.48. The Hall–Kier alpha value is -1.81. The van der Waals surface area contributed by atoms with E-state index < -0.39 is 16.0 Å². The van der Waals surface area contributed by atoms with Gasteiger partial charge in [0.25, 0.3) is 0 Å². The molecule has 0 radical (unpaired) electrons. The molecule has 0 saturated carbocycles. The van der Waals surface area contributed by atoms with Gasteiger partial charge in [-0.3, -0.25) is 0 Å². The highest BCUT2D eigenvalue weighted by Gasteiger charge is 2.13. The largest absolute Gasteiger partial charge is 0.454 e. The van der Waals surface area contributed by atoms with Gasteiger partial charge in [-0.2, -0.15) is 0 Å². The van der Waals surface area contributed by atoms with E-state index in [1.807, 2.05) is 30.3 Å².